The maximum Gasteiger partial charge on any atom is 2.00 e. The van der Waals surface area contributed by atoms with Crippen molar-refractivity contribution in [3.8, 4) is 45.3 Å². The molecule has 6 nitrogen and oxygen atoms in total. The summed E-state index contributed by atoms with van der Waals surface area (Å²) < 4.78 is 6.40. The molecule has 0 saturated carbocycles. The van der Waals surface area contributed by atoms with E-state index in [0.717, 1.165) is 83.6 Å². The van der Waals surface area contributed by atoms with Gasteiger partial charge in [0.2, 0.25) is 6.71 Å². The van der Waals surface area contributed by atoms with E-state index in [9.17, 15) is 0 Å². The van der Waals surface area contributed by atoms with Crippen LogP contribution in [0.2, 0.25) is 0 Å². The molecule has 0 fully saturated rings. The van der Waals surface area contributed by atoms with Crippen molar-refractivity contribution in [2.45, 2.75) is 0 Å². The van der Waals surface area contributed by atoms with E-state index >= 15 is 0 Å². The Bertz CT molecular complexity index is 2940. The topological polar surface area (TPSA) is 53.5 Å². The summed E-state index contributed by atoms with van der Waals surface area (Å²) in [6.07, 6.45) is 5.66. The van der Waals surface area contributed by atoms with Crippen LogP contribution in [0.1, 0.15) is 0 Å². The van der Waals surface area contributed by atoms with Crippen LogP contribution < -0.4 is 16.5 Å². The molecule has 0 amide bonds. The van der Waals surface area contributed by atoms with E-state index in [-0.39, 0.29) is 27.8 Å². The number of rotatable bonds is 8. The minimum atomic E-state index is -0.329. The molecule has 0 radical (unpaired) electrons. The van der Waals surface area contributed by atoms with Crippen molar-refractivity contribution in [3.63, 3.8) is 0 Å². The van der Waals surface area contributed by atoms with E-state index in [4.69, 9.17) is 10.1 Å². The average molecular weight is 900 g/mol. The summed E-state index contributed by atoms with van der Waals surface area (Å²) >= 11 is 0. The van der Waals surface area contributed by atoms with E-state index in [2.05, 4.69) is 172 Å². The Morgan fingerprint density at radius 1 is 0.589 bits per heavy atom. The second-order valence-corrected chi connectivity index (χ2v) is 13.6. The third kappa shape index (κ3) is 6.11. The van der Waals surface area contributed by atoms with Crippen LogP contribution >= 0.6 is 0 Å². The third-order valence-corrected chi connectivity index (χ3v) is 10.3. The van der Waals surface area contributed by atoms with Gasteiger partial charge in [0.25, 0.3) is 0 Å². The van der Waals surface area contributed by atoms with Gasteiger partial charge in [-0.25, -0.2) is 4.68 Å². The van der Waals surface area contributed by atoms with Crippen molar-refractivity contribution in [3.05, 3.63) is 195 Å². The Morgan fingerprint density at radius 2 is 1.30 bits per heavy atom. The van der Waals surface area contributed by atoms with Gasteiger partial charge < -0.3 is 9.13 Å². The van der Waals surface area contributed by atoms with Gasteiger partial charge in [0.05, 0.1) is 22.9 Å². The van der Waals surface area contributed by atoms with Gasteiger partial charge in [0.15, 0.2) is 0 Å². The molecule has 56 heavy (non-hydrogen) atoms. The second kappa shape index (κ2) is 14.9. The Kier molecular flexibility index (Phi) is 9.38. The van der Waals surface area contributed by atoms with Gasteiger partial charge in [-0.3, -0.25) is 9.97 Å². The van der Waals surface area contributed by atoms with Gasteiger partial charge in [-0.2, -0.15) is 28.8 Å². The molecule has 0 atom stereocenters. The average Bonchev–Trinajstić information content (AvgIpc) is 3.96. The standard InChI is InChI=1S/C48H33BN6.Pt/c1-53-31-30-51-48(53)36-27-28-41-40-24-11-12-25-42(40)54(43(41)32-36)39-23-15-20-37(33-39)49(44-26-13-14-29-50-44)45-46(34-16-5-2-6-17-34)52-55(38-21-9-4-10-22-38)47(45)35-18-7-3-8-19-35;/h2-31H,1H3;/q-2;+2. The van der Waals surface area contributed by atoms with Gasteiger partial charge in [-0.05, 0) is 52.3 Å². The number of hydrogen-bond acceptors (Lipinski definition) is 3. The number of hydrogen-bond donors (Lipinski definition) is 0. The number of nitrogens with zero attached hydrogens (tertiary/aromatic N) is 6. The molecular formula is C48H33BN6Pt. The first-order valence-electron chi connectivity index (χ1n) is 18.4. The minimum Gasteiger partial charge on any atom is -0.373 e. The molecule has 0 aliphatic carbocycles. The number of aromatic nitrogens is 6. The molecule has 0 saturated heterocycles. The predicted octanol–water partition coefficient (Wildman–Crippen LogP) is 8.21. The molecule has 0 bridgehead atoms. The second-order valence-electron chi connectivity index (χ2n) is 13.6. The van der Waals surface area contributed by atoms with Crippen molar-refractivity contribution < 1.29 is 21.1 Å². The van der Waals surface area contributed by atoms with Crippen LogP contribution in [-0.2, 0) is 28.1 Å². The molecule has 0 spiro atoms. The van der Waals surface area contributed by atoms with E-state index in [1.54, 1.807) is 0 Å². The molecule has 268 valence electrons. The summed E-state index contributed by atoms with van der Waals surface area (Å²) in [5.41, 5.74) is 11.8. The largest absolute Gasteiger partial charge is 2.00 e. The Hall–Kier alpha value is -6.56. The van der Waals surface area contributed by atoms with E-state index < -0.39 is 0 Å². The monoisotopic (exact) mass is 899 g/mol. The predicted molar refractivity (Wildman–Crippen MR) is 224 cm³/mol. The molecule has 0 N–H and O–H groups in total. The molecule has 10 rings (SSSR count). The first-order valence-corrected chi connectivity index (χ1v) is 18.4. The maximum absolute atomic E-state index is 5.45. The number of imidazole rings is 1. The van der Waals surface area contributed by atoms with Gasteiger partial charge in [0.1, 0.15) is 0 Å². The zero-order valence-corrected chi connectivity index (χ0v) is 32.7. The minimum absolute atomic E-state index is 0. The normalized spacial score (nSPS) is 11.2. The molecule has 0 aliphatic heterocycles. The van der Waals surface area contributed by atoms with Crippen LogP contribution in [0.25, 0.3) is 67.1 Å². The van der Waals surface area contributed by atoms with E-state index in [1.165, 1.54) is 0 Å². The van der Waals surface area contributed by atoms with Crippen molar-refractivity contribution in [2.24, 2.45) is 7.05 Å². The number of benzene rings is 6. The van der Waals surface area contributed by atoms with Crippen LogP contribution in [0.3, 0.4) is 0 Å². The van der Waals surface area contributed by atoms with Crippen LogP contribution in [0, 0.1) is 12.1 Å². The van der Waals surface area contributed by atoms with Crippen molar-refractivity contribution >= 4 is 45.0 Å². The molecule has 4 heterocycles. The first kappa shape index (κ1) is 35.2. The Morgan fingerprint density at radius 3 is 2.04 bits per heavy atom. The molecule has 6 aromatic carbocycles. The first-order chi connectivity index (χ1) is 27.2. The van der Waals surface area contributed by atoms with Gasteiger partial charge >= 0.3 is 21.1 Å². The van der Waals surface area contributed by atoms with Crippen LogP contribution in [-0.4, -0.2) is 35.6 Å². The van der Waals surface area contributed by atoms with Crippen LogP contribution in [0.4, 0.5) is 0 Å². The zero-order chi connectivity index (χ0) is 36.7. The summed E-state index contributed by atoms with van der Waals surface area (Å²) in [6, 6.07) is 64.5. The summed E-state index contributed by atoms with van der Waals surface area (Å²) in [5, 5.41) is 7.73. The molecular weight excluding hydrogens is 866 g/mol. The maximum atomic E-state index is 5.45. The Balaban J connectivity index is 0.00000410. The SMILES string of the molecule is Cn1ccnc1-c1[c-]c2c(cc1)c1ccccc1n2-c1[c-]c(B(c2ccccn2)c2c(-c3ccccc3)nn(-c3ccccc3)c2-c2ccccc2)ccc1.[Pt+2]. The van der Waals surface area contributed by atoms with Crippen molar-refractivity contribution in [2.75, 3.05) is 0 Å². The molecule has 10 aromatic rings. The fraction of sp³-hybridized carbons (Fsp3) is 0.0208. The number of para-hydroxylation sites is 2. The van der Waals surface area contributed by atoms with Crippen LogP contribution in [0.5, 0.6) is 0 Å². The van der Waals surface area contributed by atoms with E-state index in [0.29, 0.717) is 0 Å². The summed E-state index contributed by atoms with van der Waals surface area (Å²) in [4.78, 5) is 9.69. The quantitative estimate of drug-likeness (QED) is 0.114. The summed E-state index contributed by atoms with van der Waals surface area (Å²) in [7, 11) is 2.01. The van der Waals surface area contributed by atoms with Crippen molar-refractivity contribution in [1.82, 2.24) is 28.9 Å². The van der Waals surface area contributed by atoms with Gasteiger partial charge in [-0.15, -0.1) is 29.8 Å². The zero-order valence-electron chi connectivity index (χ0n) is 30.4. The molecule has 0 unspecified atom stereocenters. The number of aryl methyl sites for hydroxylation is 1. The fourth-order valence-electron chi connectivity index (χ4n) is 7.82. The summed E-state index contributed by atoms with van der Waals surface area (Å²) in [6.45, 7) is -0.329. The van der Waals surface area contributed by atoms with Crippen molar-refractivity contribution in [1.29, 1.82) is 0 Å². The molecule has 8 heteroatoms. The van der Waals surface area contributed by atoms with E-state index in [1.807, 2.05) is 48.4 Å². The number of fused-ring (bicyclic) bond motifs is 3. The number of pyridine rings is 1. The summed E-state index contributed by atoms with van der Waals surface area (Å²) in [5.74, 6) is 0.865. The smallest absolute Gasteiger partial charge is 0.373 e. The van der Waals surface area contributed by atoms with Crippen LogP contribution in [0.15, 0.2) is 182 Å². The third-order valence-electron chi connectivity index (χ3n) is 10.3. The molecule has 0 aliphatic rings. The van der Waals surface area contributed by atoms with Gasteiger partial charge in [-0.1, -0.05) is 114 Å². The fourth-order valence-corrected chi connectivity index (χ4v) is 7.82. The van der Waals surface area contributed by atoms with Gasteiger partial charge in [0, 0.05) is 42.3 Å². The Labute approximate surface area is 340 Å². The molecule has 4 aromatic heterocycles.